The van der Waals surface area contributed by atoms with Crippen LogP contribution in [0.15, 0.2) is 30.3 Å². The summed E-state index contributed by atoms with van der Waals surface area (Å²) < 4.78 is 0. The van der Waals surface area contributed by atoms with Crippen molar-refractivity contribution in [1.29, 1.82) is 0 Å². The zero-order valence-electron chi connectivity index (χ0n) is 10.5. The number of carboxylic acids is 2. The van der Waals surface area contributed by atoms with Gasteiger partial charge < -0.3 is 10.2 Å². The normalized spacial score (nSPS) is 24.0. The molecule has 19 heavy (non-hydrogen) atoms. The lowest BCUT2D eigenvalue weighted by molar-refractivity contribution is -0.150. The summed E-state index contributed by atoms with van der Waals surface area (Å²) in [5.74, 6) is -3.02. The van der Waals surface area contributed by atoms with Crippen LogP contribution >= 0.6 is 0 Å². The molecule has 0 amide bonds. The van der Waals surface area contributed by atoms with Gasteiger partial charge in [-0.25, -0.2) is 0 Å². The minimum atomic E-state index is -0.913. The Morgan fingerprint density at radius 2 is 1.58 bits per heavy atom. The van der Waals surface area contributed by atoms with E-state index >= 15 is 0 Å². The molecule has 0 aromatic heterocycles. The maximum Gasteiger partial charge on any atom is 0.307 e. The van der Waals surface area contributed by atoms with Crippen molar-refractivity contribution in [2.45, 2.75) is 13.0 Å². The zero-order chi connectivity index (χ0) is 13.8. The Bertz CT molecular complexity index is 438. The highest BCUT2D eigenvalue weighted by molar-refractivity contribution is 5.74. The van der Waals surface area contributed by atoms with Gasteiger partial charge in [0.15, 0.2) is 0 Å². The molecule has 5 nitrogen and oxygen atoms in total. The van der Waals surface area contributed by atoms with Crippen LogP contribution in [0.5, 0.6) is 0 Å². The fourth-order valence-corrected chi connectivity index (χ4v) is 2.52. The Morgan fingerprint density at radius 1 is 1.05 bits per heavy atom. The smallest absolute Gasteiger partial charge is 0.307 e. The number of likely N-dealkylation sites (tertiary alicyclic amines) is 1. The SMILES string of the molecule is O=C(O)C1CC(C(=O)O)CN(Cc2ccccc2)C1. The fourth-order valence-electron chi connectivity index (χ4n) is 2.52. The predicted octanol–water partition coefficient (Wildman–Crippen LogP) is 1.29. The molecular weight excluding hydrogens is 246 g/mol. The fraction of sp³-hybridized carbons (Fsp3) is 0.429. The van der Waals surface area contributed by atoms with Crippen LogP contribution < -0.4 is 0 Å². The van der Waals surface area contributed by atoms with E-state index in [0.29, 0.717) is 19.6 Å². The van der Waals surface area contributed by atoms with E-state index in [4.69, 9.17) is 10.2 Å². The zero-order valence-corrected chi connectivity index (χ0v) is 10.5. The van der Waals surface area contributed by atoms with Gasteiger partial charge in [-0.1, -0.05) is 30.3 Å². The van der Waals surface area contributed by atoms with Crippen molar-refractivity contribution in [3.8, 4) is 0 Å². The summed E-state index contributed by atoms with van der Waals surface area (Å²) in [4.78, 5) is 24.1. The van der Waals surface area contributed by atoms with E-state index in [1.54, 1.807) is 0 Å². The van der Waals surface area contributed by atoms with Crippen molar-refractivity contribution in [3.05, 3.63) is 35.9 Å². The minimum Gasteiger partial charge on any atom is -0.481 e. The summed E-state index contributed by atoms with van der Waals surface area (Å²) in [5, 5.41) is 18.2. The summed E-state index contributed by atoms with van der Waals surface area (Å²) in [6, 6.07) is 9.67. The van der Waals surface area contributed by atoms with Crippen molar-refractivity contribution < 1.29 is 19.8 Å². The van der Waals surface area contributed by atoms with Crippen molar-refractivity contribution in [2.24, 2.45) is 11.8 Å². The van der Waals surface area contributed by atoms with Crippen LogP contribution in [0.4, 0.5) is 0 Å². The molecule has 1 heterocycles. The second-order valence-corrected chi connectivity index (χ2v) is 4.99. The Hall–Kier alpha value is -1.88. The van der Waals surface area contributed by atoms with Gasteiger partial charge in [-0.2, -0.15) is 0 Å². The first-order chi connectivity index (χ1) is 9.06. The van der Waals surface area contributed by atoms with E-state index in [2.05, 4.69) is 0 Å². The lowest BCUT2D eigenvalue weighted by atomic mass is 9.89. The van der Waals surface area contributed by atoms with Gasteiger partial charge in [-0.3, -0.25) is 14.5 Å². The molecule has 1 aliphatic rings. The highest BCUT2D eigenvalue weighted by atomic mass is 16.4. The number of aliphatic carboxylic acids is 2. The highest BCUT2D eigenvalue weighted by Crippen LogP contribution is 2.23. The molecule has 1 aromatic carbocycles. The van der Waals surface area contributed by atoms with Gasteiger partial charge in [0.25, 0.3) is 0 Å². The van der Waals surface area contributed by atoms with E-state index in [1.165, 1.54) is 0 Å². The monoisotopic (exact) mass is 263 g/mol. The predicted molar refractivity (Wildman–Crippen MR) is 68.6 cm³/mol. The molecule has 1 fully saturated rings. The van der Waals surface area contributed by atoms with E-state index < -0.39 is 23.8 Å². The summed E-state index contributed by atoms with van der Waals surface area (Å²) in [6.07, 6.45) is 0.218. The third-order valence-corrected chi connectivity index (χ3v) is 3.47. The van der Waals surface area contributed by atoms with Gasteiger partial charge in [-0.05, 0) is 12.0 Å². The van der Waals surface area contributed by atoms with Crippen LogP contribution in [0.25, 0.3) is 0 Å². The molecule has 0 bridgehead atoms. The van der Waals surface area contributed by atoms with Gasteiger partial charge in [0, 0.05) is 19.6 Å². The topological polar surface area (TPSA) is 77.8 Å². The second-order valence-electron chi connectivity index (χ2n) is 4.99. The standard InChI is InChI=1S/C14H17NO4/c16-13(17)11-6-12(14(18)19)9-15(8-11)7-10-4-2-1-3-5-10/h1-5,11-12H,6-9H2,(H,16,17)(H,18,19). The maximum absolute atomic E-state index is 11.1. The molecule has 1 aliphatic heterocycles. The second kappa shape index (κ2) is 5.84. The first kappa shape index (κ1) is 13.5. The number of rotatable bonds is 4. The number of benzene rings is 1. The number of piperidine rings is 1. The largest absolute Gasteiger partial charge is 0.481 e. The first-order valence-corrected chi connectivity index (χ1v) is 6.28. The first-order valence-electron chi connectivity index (χ1n) is 6.28. The summed E-state index contributed by atoms with van der Waals surface area (Å²) >= 11 is 0. The van der Waals surface area contributed by atoms with Gasteiger partial charge >= 0.3 is 11.9 Å². The molecule has 2 unspecified atom stereocenters. The number of hydrogen-bond acceptors (Lipinski definition) is 3. The van der Waals surface area contributed by atoms with Gasteiger partial charge in [0.2, 0.25) is 0 Å². The number of nitrogens with zero attached hydrogens (tertiary/aromatic N) is 1. The van der Waals surface area contributed by atoms with Crippen molar-refractivity contribution in [3.63, 3.8) is 0 Å². The summed E-state index contributed by atoms with van der Waals surface area (Å²) in [6.45, 7) is 1.41. The Kier molecular flexibility index (Phi) is 4.16. The van der Waals surface area contributed by atoms with Crippen LogP contribution in [0.1, 0.15) is 12.0 Å². The molecule has 1 saturated heterocycles. The molecule has 102 valence electrons. The molecule has 1 aromatic rings. The van der Waals surface area contributed by atoms with Crippen molar-refractivity contribution in [2.75, 3.05) is 13.1 Å². The number of hydrogen-bond donors (Lipinski definition) is 2. The maximum atomic E-state index is 11.1. The molecule has 5 heteroatoms. The van der Waals surface area contributed by atoms with Crippen LogP contribution in [-0.4, -0.2) is 40.1 Å². The van der Waals surface area contributed by atoms with E-state index in [-0.39, 0.29) is 6.42 Å². The van der Waals surface area contributed by atoms with Gasteiger partial charge in [0.1, 0.15) is 0 Å². The van der Waals surface area contributed by atoms with Crippen molar-refractivity contribution >= 4 is 11.9 Å². The average molecular weight is 263 g/mol. The molecular formula is C14H17NO4. The van der Waals surface area contributed by atoms with Crippen LogP contribution in [0.2, 0.25) is 0 Å². The summed E-state index contributed by atoms with van der Waals surface area (Å²) in [7, 11) is 0. The lowest BCUT2D eigenvalue weighted by Crippen LogP contribution is -2.45. The van der Waals surface area contributed by atoms with Gasteiger partial charge in [0.05, 0.1) is 11.8 Å². The van der Waals surface area contributed by atoms with E-state index in [1.807, 2.05) is 35.2 Å². The minimum absolute atomic E-state index is 0.218. The molecule has 0 spiro atoms. The quantitative estimate of drug-likeness (QED) is 0.856. The van der Waals surface area contributed by atoms with Crippen molar-refractivity contribution in [1.82, 2.24) is 4.90 Å². The van der Waals surface area contributed by atoms with Gasteiger partial charge in [-0.15, -0.1) is 0 Å². The average Bonchev–Trinajstić information content (AvgIpc) is 2.39. The third kappa shape index (κ3) is 3.54. The molecule has 0 radical (unpaired) electrons. The summed E-state index contributed by atoms with van der Waals surface area (Å²) in [5.41, 5.74) is 1.07. The molecule has 2 N–H and O–H groups in total. The van der Waals surface area contributed by atoms with Crippen LogP contribution in [-0.2, 0) is 16.1 Å². The van der Waals surface area contributed by atoms with Crippen LogP contribution in [0.3, 0.4) is 0 Å². The number of carbonyl (C=O) groups is 2. The molecule has 2 rings (SSSR count). The molecule has 2 atom stereocenters. The highest BCUT2D eigenvalue weighted by Gasteiger charge is 2.34. The number of carboxylic acid groups (broad SMARTS) is 2. The van der Waals surface area contributed by atoms with E-state index in [0.717, 1.165) is 5.56 Å². The Labute approximate surface area is 111 Å². The molecule has 0 aliphatic carbocycles. The molecule has 0 saturated carbocycles. The van der Waals surface area contributed by atoms with Crippen LogP contribution in [0, 0.1) is 11.8 Å². The Balaban J connectivity index is 2.07. The Morgan fingerprint density at radius 3 is 2.05 bits per heavy atom. The lowest BCUT2D eigenvalue weighted by Gasteiger charge is -2.34. The van der Waals surface area contributed by atoms with E-state index in [9.17, 15) is 9.59 Å². The third-order valence-electron chi connectivity index (χ3n) is 3.47.